The van der Waals surface area contributed by atoms with E-state index in [2.05, 4.69) is 0 Å². The van der Waals surface area contributed by atoms with Crippen molar-refractivity contribution in [2.24, 2.45) is 0 Å². The van der Waals surface area contributed by atoms with E-state index in [0.717, 1.165) is 0 Å². The zero-order chi connectivity index (χ0) is 11.4. The van der Waals surface area contributed by atoms with Crippen LogP contribution in [0.3, 0.4) is 0 Å². The van der Waals surface area contributed by atoms with Crippen LogP contribution in [0.15, 0.2) is 0 Å². The Labute approximate surface area is 86.5 Å². The molecule has 0 saturated heterocycles. The molecule has 0 saturated carbocycles. The summed E-state index contributed by atoms with van der Waals surface area (Å²) in [5, 5.41) is 9.41. The number of rotatable bonds is 4. The Hall–Kier alpha value is -0.570. The van der Waals surface area contributed by atoms with Gasteiger partial charge in [0.25, 0.3) is 0 Å². The molecule has 0 aromatic heterocycles. The highest BCUT2D eigenvalue weighted by atomic mass is 16.6. The van der Waals surface area contributed by atoms with Crippen LogP contribution < -0.4 is 0 Å². The number of carbonyl (C=O) groups is 1. The molecule has 0 aromatic carbocycles. The Bertz CT molecular complexity index is 184. The smallest absolute Gasteiger partial charge is 0.306 e. The fraction of sp³-hybridized carbons (Fsp3) is 0.909. The maximum atomic E-state index is 11.2. The Morgan fingerprint density at radius 1 is 1.21 bits per heavy atom. The first-order chi connectivity index (χ1) is 6.10. The van der Waals surface area contributed by atoms with Crippen molar-refractivity contribution in [1.82, 2.24) is 0 Å². The van der Waals surface area contributed by atoms with Crippen molar-refractivity contribution in [2.45, 2.75) is 65.1 Å². The molecule has 0 radical (unpaired) electrons. The number of ether oxygens (including phenoxy) is 1. The summed E-state index contributed by atoms with van der Waals surface area (Å²) in [4.78, 5) is 11.2. The van der Waals surface area contributed by atoms with Crippen molar-refractivity contribution in [3.8, 4) is 0 Å². The van der Waals surface area contributed by atoms with E-state index >= 15 is 0 Å². The van der Waals surface area contributed by atoms with Gasteiger partial charge >= 0.3 is 5.97 Å². The van der Waals surface area contributed by atoms with Crippen LogP contribution in [-0.4, -0.2) is 22.3 Å². The van der Waals surface area contributed by atoms with Crippen LogP contribution in [0.4, 0.5) is 0 Å². The Balaban J connectivity index is 3.66. The predicted octanol–water partition coefficient (Wildman–Crippen LogP) is 2.27. The molecule has 3 heteroatoms. The van der Waals surface area contributed by atoms with E-state index < -0.39 is 11.2 Å². The molecule has 0 bridgehead atoms. The number of hydrogen-bond acceptors (Lipinski definition) is 3. The second-order valence-electron chi connectivity index (χ2n) is 5.25. The molecule has 0 unspecified atom stereocenters. The summed E-state index contributed by atoms with van der Waals surface area (Å²) in [6.45, 7) is 9.02. The topological polar surface area (TPSA) is 46.5 Å². The summed E-state index contributed by atoms with van der Waals surface area (Å²) in [5.41, 5.74) is -1.10. The Morgan fingerprint density at radius 2 is 1.71 bits per heavy atom. The van der Waals surface area contributed by atoms with E-state index in [1.807, 2.05) is 20.8 Å². The molecule has 0 aliphatic heterocycles. The van der Waals surface area contributed by atoms with E-state index in [1.54, 1.807) is 13.8 Å². The molecule has 0 atom stereocenters. The van der Waals surface area contributed by atoms with Gasteiger partial charge < -0.3 is 9.84 Å². The van der Waals surface area contributed by atoms with Crippen molar-refractivity contribution in [3.05, 3.63) is 0 Å². The minimum atomic E-state index is -0.692. The maximum absolute atomic E-state index is 11.2. The molecule has 0 aliphatic carbocycles. The summed E-state index contributed by atoms with van der Waals surface area (Å²) in [6, 6.07) is 0. The van der Waals surface area contributed by atoms with Gasteiger partial charge in [-0.3, -0.25) is 4.79 Å². The third-order valence-corrected chi connectivity index (χ3v) is 1.59. The van der Waals surface area contributed by atoms with Crippen LogP contribution in [-0.2, 0) is 9.53 Å². The maximum Gasteiger partial charge on any atom is 0.306 e. The van der Waals surface area contributed by atoms with E-state index in [-0.39, 0.29) is 5.97 Å². The highest BCUT2D eigenvalue weighted by Crippen LogP contribution is 2.14. The number of hydrogen-bond donors (Lipinski definition) is 1. The van der Waals surface area contributed by atoms with E-state index in [4.69, 9.17) is 4.74 Å². The van der Waals surface area contributed by atoms with Crippen molar-refractivity contribution >= 4 is 5.97 Å². The fourth-order valence-corrected chi connectivity index (χ4v) is 1.06. The third-order valence-electron chi connectivity index (χ3n) is 1.59. The van der Waals surface area contributed by atoms with Gasteiger partial charge in [-0.05, 0) is 47.5 Å². The van der Waals surface area contributed by atoms with Gasteiger partial charge in [0.05, 0.1) is 5.60 Å². The molecule has 14 heavy (non-hydrogen) atoms. The van der Waals surface area contributed by atoms with Crippen molar-refractivity contribution in [3.63, 3.8) is 0 Å². The van der Waals surface area contributed by atoms with Gasteiger partial charge in [0.2, 0.25) is 0 Å². The molecule has 3 nitrogen and oxygen atoms in total. The molecule has 1 N–H and O–H groups in total. The zero-order valence-electron chi connectivity index (χ0n) is 9.89. The van der Waals surface area contributed by atoms with Gasteiger partial charge in [-0.1, -0.05) is 0 Å². The molecule has 0 aliphatic rings. The molecule has 0 amide bonds. The van der Waals surface area contributed by atoms with Crippen LogP contribution in [0.1, 0.15) is 53.9 Å². The lowest BCUT2D eigenvalue weighted by Gasteiger charge is -2.20. The Kier molecular flexibility index (Phi) is 4.59. The first-order valence-electron chi connectivity index (χ1n) is 5.04. The summed E-state index contributed by atoms with van der Waals surface area (Å²) < 4.78 is 5.13. The minimum Gasteiger partial charge on any atom is -0.460 e. The summed E-state index contributed by atoms with van der Waals surface area (Å²) in [7, 11) is 0. The summed E-state index contributed by atoms with van der Waals surface area (Å²) in [6.07, 6.45) is 1.66. The summed E-state index contributed by atoms with van der Waals surface area (Å²) >= 11 is 0. The first-order valence-corrected chi connectivity index (χ1v) is 5.04. The molecule has 0 fully saturated rings. The normalized spacial score (nSPS) is 12.7. The molecular formula is C11H22O3. The lowest BCUT2D eigenvalue weighted by atomic mass is 10.0. The minimum absolute atomic E-state index is 0.193. The van der Waals surface area contributed by atoms with Crippen molar-refractivity contribution in [1.29, 1.82) is 0 Å². The van der Waals surface area contributed by atoms with Crippen LogP contribution in [0.2, 0.25) is 0 Å². The molecule has 0 heterocycles. The SMILES string of the molecule is CC(C)(O)CCCC(=O)OC(C)(C)C. The highest BCUT2D eigenvalue weighted by Gasteiger charge is 2.17. The van der Waals surface area contributed by atoms with Gasteiger partial charge in [0.1, 0.15) is 5.60 Å². The second kappa shape index (κ2) is 4.78. The van der Waals surface area contributed by atoms with Gasteiger partial charge in [-0.2, -0.15) is 0 Å². The van der Waals surface area contributed by atoms with E-state index in [0.29, 0.717) is 19.3 Å². The standard InChI is InChI=1S/C11H22O3/c1-10(2,3)14-9(12)7-6-8-11(4,5)13/h13H,6-8H2,1-5H3. The van der Waals surface area contributed by atoms with Crippen molar-refractivity contribution < 1.29 is 14.6 Å². The monoisotopic (exact) mass is 202 g/mol. The predicted molar refractivity (Wildman–Crippen MR) is 56.0 cm³/mol. The third kappa shape index (κ3) is 9.52. The molecule has 0 spiro atoms. The average Bonchev–Trinajstić information content (AvgIpc) is 1.78. The molecular weight excluding hydrogens is 180 g/mol. The van der Waals surface area contributed by atoms with Gasteiger partial charge in [-0.15, -0.1) is 0 Å². The molecule has 0 aromatic rings. The number of carbonyl (C=O) groups excluding carboxylic acids is 1. The highest BCUT2D eigenvalue weighted by molar-refractivity contribution is 5.69. The lowest BCUT2D eigenvalue weighted by Crippen LogP contribution is -2.24. The summed E-state index contributed by atoms with van der Waals surface area (Å²) in [5.74, 6) is -0.193. The van der Waals surface area contributed by atoms with Crippen LogP contribution in [0, 0.1) is 0 Å². The first kappa shape index (κ1) is 13.4. The van der Waals surface area contributed by atoms with Crippen LogP contribution >= 0.6 is 0 Å². The fourth-order valence-electron chi connectivity index (χ4n) is 1.06. The average molecular weight is 202 g/mol. The van der Waals surface area contributed by atoms with E-state index in [9.17, 15) is 9.90 Å². The quantitative estimate of drug-likeness (QED) is 0.711. The van der Waals surface area contributed by atoms with E-state index in [1.165, 1.54) is 0 Å². The van der Waals surface area contributed by atoms with Gasteiger partial charge in [0.15, 0.2) is 0 Å². The Morgan fingerprint density at radius 3 is 2.07 bits per heavy atom. The van der Waals surface area contributed by atoms with Crippen molar-refractivity contribution in [2.75, 3.05) is 0 Å². The second-order valence-corrected chi connectivity index (χ2v) is 5.25. The lowest BCUT2D eigenvalue weighted by molar-refractivity contribution is -0.155. The molecule has 84 valence electrons. The van der Waals surface area contributed by atoms with Crippen LogP contribution in [0.5, 0.6) is 0 Å². The van der Waals surface area contributed by atoms with Gasteiger partial charge in [-0.25, -0.2) is 0 Å². The zero-order valence-corrected chi connectivity index (χ0v) is 9.89. The number of esters is 1. The van der Waals surface area contributed by atoms with Gasteiger partial charge in [0, 0.05) is 6.42 Å². The largest absolute Gasteiger partial charge is 0.460 e. The number of aliphatic hydroxyl groups is 1. The van der Waals surface area contributed by atoms with Crippen LogP contribution in [0.25, 0.3) is 0 Å². The molecule has 0 rings (SSSR count).